The SMILES string of the molecule is CC(C)(C)OC(=O)COCCOCCOCCOCCOCCOCCOCCOCCOCCOC1CCNCC1. The molecule has 0 aromatic heterocycles. The van der Waals surface area contributed by atoms with Gasteiger partial charge in [-0.15, -0.1) is 0 Å². The summed E-state index contributed by atoms with van der Waals surface area (Å²) in [5, 5.41) is 3.32. The van der Waals surface area contributed by atoms with E-state index in [9.17, 15) is 4.79 Å². The second-order valence-corrected chi connectivity index (χ2v) is 10.4. The van der Waals surface area contributed by atoms with Gasteiger partial charge in [-0.3, -0.25) is 0 Å². The lowest BCUT2D eigenvalue weighted by Gasteiger charge is -2.22. The van der Waals surface area contributed by atoms with E-state index in [0.717, 1.165) is 25.9 Å². The van der Waals surface area contributed by atoms with Gasteiger partial charge in [0.1, 0.15) is 12.2 Å². The Kier molecular flexibility index (Phi) is 26.8. The molecule has 0 aliphatic carbocycles. The van der Waals surface area contributed by atoms with Gasteiger partial charge < -0.3 is 57.4 Å². The summed E-state index contributed by atoms with van der Waals surface area (Å²) in [6.07, 6.45) is 2.53. The Morgan fingerprint density at radius 2 is 0.833 bits per heavy atom. The Morgan fingerprint density at radius 3 is 1.17 bits per heavy atom. The average molecular weight is 612 g/mol. The number of hydrogen-bond donors (Lipinski definition) is 1. The molecule has 13 nitrogen and oxygen atoms in total. The van der Waals surface area contributed by atoms with Crippen LogP contribution in [0.4, 0.5) is 0 Å². The van der Waals surface area contributed by atoms with Gasteiger partial charge in [0.15, 0.2) is 0 Å². The third-order valence-corrected chi connectivity index (χ3v) is 5.48. The minimum absolute atomic E-state index is 0.0791. The van der Waals surface area contributed by atoms with E-state index >= 15 is 0 Å². The average Bonchev–Trinajstić information content (AvgIpc) is 2.96. The van der Waals surface area contributed by atoms with Crippen LogP contribution in [-0.2, 0) is 56.9 Å². The van der Waals surface area contributed by atoms with Crippen LogP contribution in [0.5, 0.6) is 0 Å². The van der Waals surface area contributed by atoms with Crippen molar-refractivity contribution < 1.29 is 56.9 Å². The van der Waals surface area contributed by atoms with E-state index in [0.29, 0.717) is 125 Å². The summed E-state index contributed by atoms with van der Waals surface area (Å²) in [5.41, 5.74) is -0.507. The van der Waals surface area contributed by atoms with Gasteiger partial charge in [0.25, 0.3) is 0 Å². The zero-order valence-corrected chi connectivity index (χ0v) is 26.2. The molecule has 42 heavy (non-hydrogen) atoms. The monoisotopic (exact) mass is 611 g/mol. The molecule has 1 N–H and O–H groups in total. The van der Waals surface area contributed by atoms with Gasteiger partial charge in [-0.05, 0) is 46.7 Å². The van der Waals surface area contributed by atoms with Gasteiger partial charge in [0.05, 0.1) is 125 Å². The largest absolute Gasteiger partial charge is 0.458 e. The van der Waals surface area contributed by atoms with Crippen LogP contribution in [0.25, 0.3) is 0 Å². The lowest BCUT2D eigenvalue weighted by molar-refractivity contribution is -0.160. The van der Waals surface area contributed by atoms with Gasteiger partial charge in [0, 0.05) is 0 Å². The van der Waals surface area contributed by atoms with Gasteiger partial charge >= 0.3 is 5.97 Å². The fraction of sp³-hybridized carbons (Fsp3) is 0.966. The van der Waals surface area contributed by atoms with Crippen molar-refractivity contribution >= 4 is 5.97 Å². The number of carbonyl (C=O) groups excluding carboxylic acids is 1. The first-order valence-corrected chi connectivity index (χ1v) is 15.2. The zero-order chi connectivity index (χ0) is 30.4. The summed E-state index contributed by atoms with van der Waals surface area (Å²) >= 11 is 0. The maximum atomic E-state index is 11.5. The molecule has 0 atom stereocenters. The summed E-state index contributed by atoms with van der Waals surface area (Å²) in [6, 6.07) is 0. The molecule has 0 radical (unpaired) electrons. The molecule has 1 fully saturated rings. The minimum atomic E-state index is -0.507. The van der Waals surface area contributed by atoms with E-state index < -0.39 is 5.60 Å². The quantitative estimate of drug-likeness (QED) is 0.0924. The molecular weight excluding hydrogens is 554 g/mol. The van der Waals surface area contributed by atoms with Crippen LogP contribution in [0, 0.1) is 0 Å². The molecule has 1 rings (SSSR count). The lowest BCUT2D eigenvalue weighted by Crippen LogP contribution is -2.33. The van der Waals surface area contributed by atoms with E-state index in [4.69, 9.17) is 52.1 Å². The fourth-order valence-corrected chi connectivity index (χ4v) is 3.52. The molecule has 0 amide bonds. The molecule has 0 saturated carbocycles. The lowest BCUT2D eigenvalue weighted by atomic mass is 10.1. The Labute approximate surface area is 252 Å². The maximum absolute atomic E-state index is 11.5. The first-order valence-electron chi connectivity index (χ1n) is 15.2. The molecule has 250 valence electrons. The van der Waals surface area contributed by atoms with Crippen molar-refractivity contribution in [2.45, 2.75) is 45.3 Å². The molecule has 0 bridgehead atoms. The van der Waals surface area contributed by atoms with Crippen molar-refractivity contribution in [1.82, 2.24) is 5.32 Å². The van der Waals surface area contributed by atoms with Crippen LogP contribution in [0.2, 0.25) is 0 Å². The highest BCUT2D eigenvalue weighted by Gasteiger charge is 2.16. The van der Waals surface area contributed by atoms with E-state index in [-0.39, 0.29) is 12.6 Å². The summed E-state index contributed by atoms with van der Waals surface area (Å²) in [5.74, 6) is -0.383. The molecule has 13 heteroatoms. The summed E-state index contributed by atoms with van der Waals surface area (Å²) in [4.78, 5) is 11.5. The van der Waals surface area contributed by atoms with Crippen LogP contribution in [0.15, 0.2) is 0 Å². The highest BCUT2D eigenvalue weighted by atomic mass is 16.6. The van der Waals surface area contributed by atoms with Crippen molar-refractivity contribution in [3.63, 3.8) is 0 Å². The topological polar surface area (TPSA) is 131 Å². The Morgan fingerprint density at radius 1 is 0.524 bits per heavy atom. The number of nitrogens with one attached hydrogen (secondary N) is 1. The van der Waals surface area contributed by atoms with Crippen LogP contribution in [0.3, 0.4) is 0 Å². The third-order valence-electron chi connectivity index (χ3n) is 5.48. The zero-order valence-electron chi connectivity index (χ0n) is 26.2. The van der Waals surface area contributed by atoms with Gasteiger partial charge in [-0.2, -0.15) is 0 Å². The molecule has 0 aromatic carbocycles. The summed E-state index contributed by atoms with van der Waals surface area (Å²) in [6.45, 7) is 16.5. The molecule has 0 aromatic rings. The summed E-state index contributed by atoms with van der Waals surface area (Å²) < 4.78 is 59.8. The Bertz CT molecular complexity index is 587. The molecule has 1 saturated heterocycles. The molecule has 1 aliphatic rings. The maximum Gasteiger partial charge on any atom is 0.332 e. The molecule has 1 heterocycles. The normalized spacial score (nSPS) is 14.5. The van der Waals surface area contributed by atoms with Crippen LogP contribution in [-0.4, -0.2) is 156 Å². The number of esters is 1. The van der Waals surface area contributed by atoms with Gasteiger partial charge in [-0.25, -0.2) is 4.79 Å². The first kappa shape index (κ1) is 39.1. The van der Waals surface area contributed by atoms with E-state index in [1.54, 1.807) is 0 Å². The van der Waals surface area contributed by atoms with Gasteiger partial charge in [0.2, 0.25) is 0 Å². The fourth-order valence-electron chi connectivity index (χ4n) is 3.52. The van der Waals surface area contributed by atoms with E-state index in [1.165, 1.54) is 0 Å². The minimum Gasteiger partial charge on any atom is -0.458 e. The second kappa shape index (κ2) is 28.8. The smallest absolute Gasteiger partial charge is 0.332 e. The molecular formula is C29H57NO12. The summed E-state index contributed by atoms with van der Waals surface area (Å²) in [7, 11) is 0. The highest BCUT2D eigenvalue weighted by molar-refractivity contribution is 5.71. The first-order chi connectivity index (χ1) is 20.5. The third kappa shape index (κ3) is 29.1. The van der Waals surface area contributed by atoms with Crippen molar-refractivity contribution in [3.8, 4) is 0 Å². The van der Waals surface area contributed by atoms with Crippen molar-refractivity contribution in [3.05, 3.63) is 0 Å². The number of carbonyl (C=O) groups is 1. The number of piperidine rings is 1. The standard InChI is InChI=1S/C29H57NO12/c1-29(2,3)42-28(31)26-40-23-22-38-19-18-36-15-14-34-11-10-32-8-9-33-12-13-35-16-17-37-20-21-39-24-25-41-27-4-6-30-7-5-27/h27,30H,4-26H2,1-3H3. The van der Waals surface area contributed by atoms with Crippen molar-refractivity contribution in [1.29, 1.82) is 0 Å². The van der Waals surface area contributed by atoms with Crippen LogP contribution >= 0.6 is 0 Å². The van der Waals surface area contributed by atoms with Crippen molar-refractivity contribution in [2.24, 2.45) is 0 Å². The predicted molar refractivity (Wildman–Crippen MR) is 155 cm³/mol. The van der Waals surface area contributed by atoms with Crippen LogP contribution in [0.1, 0.15) is 33.6 Å². The molecule has 0 spiro atoms. The second-order valence-electron chi connectivity index (χ2n) is 10.4. The van der Waals surface area contributed by atoms with Crippen molar-refractivity contribution in [2.75, 3.05) is 139 Å². The number of ether oxygens (including phenoxy) is 11. The van der Waals surface area contributed by atoms with E-state index in [2.05, 4.69) is 5.32 Å². The predicted octanol–water partition coefficient (Wildman–Crippen LogP) is 1.25. The van der Waals surface area contributed by atoms with E-state index in [1.807, 2.05) is 20.8 Å². The number of hydrogen-bond acceptors (Lipinski definition) is 13. The van der Waals surface area contributed by atoms with Gasteiger partial charge in [-0.1, -0.05) is 0 Å². The Balaban J connectivity index is 1.64. The molecule has 0 unspecified atom stereocenters. The number of rotatable bonds is 30. The highest BCUT2D eigenvalue weighted by Crippen LogP contribution is 2.07. The van der Waals surface area contributed by atoms with Crippen LogP contribution < -0.4 is 5.32 Å². The molecule has 1 aliphatic heterocycles. The Hall–Kier alpha value is -0.970.